The monoisotopic (exact) mass is 392 g/mol. The van der Waals surface area contributed by atoms with Gasteiger partial charge in [-0.3, -0.25) is 14.5 Å². The van der Waals surface area contributed by atoms with Crippen molar-refractivity contribution in [2.24, 2.45) is 5.92 Å². The first-order valence-electron chi connectivity index (χ1n) is 10.1. The Morgan fingerprint density at radius 3 is 2.46 bits per heavy atom. The van der Waals surface area contributed by atoms with Crippen molar-refractivity contribution in [2.45, 2.75) is 57.2 Å². The van der Waals surface area contributed by atoms with Crippen molar-refractivity contribution < 1.29 is 23.1 Å². The van der Waals surface area contributed by atoms with Gasteiger partial charge >= 0.3 is 0 Å². The van der Waals surface area contributed by atoms with Crippen LogP contribution >= 0.6 is 0 Å². The van der Waals surface area contributed by atoms with Gasteiger partial charge in [0, 0.05) is 19.2 Å². The van der Waals surface area contributed by atoms with Crippen LogP contribution in [0.4, 0.5) is 8.78 Å². The maximum atomic E-state index is 14.4. The fourth-order valence-electron chi connectivity index (χ4n) is 4.71. The van der Waals surface area contributed by atoms with Gasteiger partial charge in [0.15, 0.2) is 0 Å². The molecule has 1 aliphatic carbocycles. The predicted molar refractivity (Wildman–Crippen MR) is 98.4 cm³/mol. The van der Waals surface area contributed by atoms with Gasteiger partial charge in [0.25, 0.3) is 5.91 Å². The topological polar surface area (TPSA) is 49.9 Å². The van der Waals surface area contributed by atoms with E-state index in [9.17, 15) is 18.4 Å². The lowest BCUT2D eigenvalue weighted by Gasteiger charge is -2.43. The fraction of sp³-hybridized carbons (Fsp3) is 0.619. The second-order valence-electron chi connectivity index (χ2n) is 8.29. The third kappa shape index (κ3) is 3.30. The molecule has 1 spiro atoms. The number of nitrogens with zero attached hydrogens (tertiary/aromatic N) is 2. The van der Waals surface area contributed by atoms with Gasteiger partial charge < -0.3 is 9.64 Å². The molecule has 1 atom stereocenters. The number of carbonyl (C=O) groups is 2. The molecule has 0 unspecified atom stereocenters. The molecule has 2 heterocycles. The molecule has 1 aromatic carbocycles. The number of hydrogen-bond acceptors (Lipinski definition) is 3. The molecule has 2 amide bonds. The molecule has 0 radical (unpaired) electrons. The molecule has 0 aromatic heterocycles. The number of halogens is 2. The molecule has 0 N–H and O–H groups in total. The number of likely N-dealkylation sites (tertiary alicyclic amines) is 1. The lowest BCUT2D eigenvalue weighted by Crippen LogP contribution is -2.57. The maximum absolute atomic E-state index is 14.4. The number of benzene rings is 1. The van der Waals surface area contributed by atoms with Crippen molar-refractivity contribution in [2.75, 3.05) is 19.7 Å². The van der Waals surface area contributed by atoms with Crippen LogP contribution in [-0.4, -0.2) is 53.1 Å². The van der Waals surface area contributed by atoms with Gasteiger partial charge in [-0.15, -0.1) is 0 Å². The third-order valence-electron chi connectivity index (χ3n) is 6.40. The summed E-state index contributed by atoms with van der Waals surface area (Å²) in [6.45, 7) is 3.62. The van der Waals surface area contributed by atoms with Crippen molar-refractivity contribution in [3.05, 3.63) is 35.4 Å². The second-order valence-corrected chi connectivity index (χ2v) is 8.29. The molecule has 3 fully saturated rings. The smallest absolute Gasteiger partial charge is 0.259 e. The zero-order valence-electron chi connectivity index (χ0n) is 16.1. The van der Waals surface area contributed by atoms with Gasteiger partial charge in [-0.25, -0.2) is 8.78 Å². The van der Waals surface area contributed by atoms with E-state index in [0.717, 1.165) is 37.8 Å². The van der Waals surface area contributed by atoms with Crippen molar-refractivity contribution >= 4 is 11.8 Å². The zero-order chi connectivity index (χ0) is 19.9. The Morgan fingerprint density at radius 2 is 1.82 bits per heavy atom. The van der Waals surface area contributed by atoms with Crippen molar-refractivity contribution in [3.63, 3.8) is 0 Å². The van der Waals surface area contributed by atoms with Crippen molar-refractivity contribution in [1.82, 2.24) is 9.80 Å². The van der Waals surface area contributed by atoms with Gasteiger partial charge in [0.2, 0.25) is 5.91 Å². The van der Waals surface area contributed by atoms with E-state index in [1.807, 2.05) is 0 Å². The van der Waals surface area contributed by atoms with Crippen LogP contribution in [0.5, 0.6) is 0 Å². The minimum Gasteiger partial charge on any atom is -0.353 e. The molecule has 152 valence electrons. The first kappa shape index (κ1) is 19.3. The van der Waals surface area contributed by atoms with Gasteiger partial charge in [0.05, 0.1) is 12.2 Å². The van der Waals surface area contributed by atoms with E-state index in [0.29, 0.717) is 37.9 Å². The average Bonchev–Trinajstić information content (AvgIpc) is 3.32. The Balaban J connectivity index is 1.69. The quantitative estimate of drug-likeness (QED) is 0.776. The second kappa shape index (κ2) is 7.43. The van der Waals surface area contributed by atoms with E-state index in [-0.39, 0.29) is 18.1 Å². The number of hydrogen-bond donors (Lipinski definition) is 0. The Bertz CT molecular complexity index is 771. The van der Waals surface area contributed by atoms with E-state index >= 15 is 0 Å². The lowest BCUT2D eigenvalue weighted by atomic mass is 9.83. The first-order chi connectivity index (χ1) is 13.4. The summed E-state index contributed by atoms with van der Waals surface area (Å²) >= 11 is 0. The number of carbonyl (C=O) groups excluding carboxylic acids is 2. The molecule has 2 aliphatic heterocycles. The van der Waals surface area contributed by atoms with Crippen LogP contribution < -0.4 is 0 Å². The molecule has 3 aliphatic rings. The number of amides is 2. The first-order valence-corrected chi connectivity index (χ1v) is 10.1. The minimum atomic E-state index is -0.913. The Kier molecular flexibility index (Phi) is 5.12. The molecule has 28 heavy (non-hydrogen) atoms. The van der Waals surface area contributed by atoms with E-state index in [2.05, 4.69) is 6.92 Å². The van der Waals surface area contributed by atoms with Crippen LogP contribution in [0.25, 0.3) is 0 Å². The van der Waals surface area contributed by atoms with Gasteiger partial charge in [-0.1, -0.05) is 6.92 Å². The van der Waals surface area contributed by atoms with Gasteiger partial charge in [-0.05, 0) is 56.6 Å². The molecular weight excluding hydrogens is 366 g/mol. The van der Waals surface area contributed by atoms with E-state index in [1.54, 1.807) is 4.90 Å². The van der Waals surface area contributed by atoms with Gasteiger partial charge in [0.1, 0.15) is 23.4 Å². The summed E-state index contributed by atoms with van der Waals surface area (Å²) < 4.78 is 33.8. The molecule has 5 nitrogen and oxygen atoms in total. The standard InChI is InChI=1S/C21H26F2N2O3/c1-14-6-8-21(9-7-14)25(19(26)16-5-4-15(22)12-17(16)23)18(13-28-21)20(27)24-10-2-3-11-24/h4-5,12,14,18H,2-3,6-11,13H2,1H3/t14?,18-,21?/m0/s1. The highest BCUT2D eigenvalue weighted by atomic mass is 19.1. The molecule has 2 saturated heterocycles. The van der Waals surface area contributed by atoms with Gasteiger partial charge in [-0.2, -0.15) is 0 Å². The summed E-state index contributed by atoms with van der Waals surface area (Å²) in [4.78, 5) is 29.7. The normalized spacial score (nSPS) is 30.2. The highest BCUT2D eigenvalue weighted by Crippen LogP contribution is 2.43. The van der Waals surface area contributed by atoms with Crippen LogP contribution in [0.15, 0.2) is 18.2 Å². The van der Waals surface area contributed by atoms with Crippen molar-refractivity contribution in [1.29, 1.82) is 0 Å². The summed E-state index contributed by atoms with van der Waals surface area (Å²) in [5.74, 6) is -1.87. The summed E-state index contributed by atoms with van der Waals surface area (Å²) in [5.41, 5.74) is -1.10. The summed E-state index contributed by atoms with van der Waals surface area (Å²) in [6.07, 6.45) is 4.88. The Morgan fingerprint density at radius 1 is 1.14 bits per heavy atom. The number of ether oxygens (including phenoxy) is 1. The van der Waals surface area contributed by atoms with Crippen LogP contribution in [0.2, 0.25) is 0 Å². The number of rotatable bonds is 2. The third-order valence-corrected chi connectivity index (χ3v) is 6.40. The van der Waals surface area contributed by atoms with E-state index in [4.69, 9.17) is 4.74 Å². The van der Waals surface area contributed by atoms with E-state index in [1.165, 1.54) is 4.90 Å². The summed E-state index contributed by atoms with van der Waals surface area (Å²) in [5, 5.41) is 0. The average molecular weight is 392 g/mol. The lowest BCUT2D eigenvalue weighted by molar-refractivity contribution is -0.136. The SMILES string of the molecule is CC1CCC2(CC1)OC[C@@H](C(=O)N1CCCC1)N2C(=O)c1ccc(F)cc1F. The van der Waals surface area contributed by atoms with Crippen LogP contribution in [-0.2, 0) is 9.53 Å². The maximum Gasteiger partial charge on any atom is 0.259 e. The predicted octanol–water partition coefficient (Wildman–Crippen LogP) is 3.33. The Labute approximate surface area is 163 Å². The summed E-state index contributed by atoms with van der Waals surface area (Å²) in [7, 11) is 0. The van der Waals surface area contributed by atoms with Crippen LogP contribution in [0.3, 0.4) is 0 Å². The molecule has 0 bridgehead atoms. The molecule has 4 rings (SSSR count). The van der Waals surface area contributed by atoms with E-state index < -0.39 is 29.3 Å². The van der Waals surface area contributed by atoms with Crippen LogP contribution in [0, 0.1) is 17.6 Å². The molecule has 1 saturated carbocycles. The highest BCUT2D eigenvalue weighted by Gasteiger charge is 2.54. The fourth-order valence-corrected chi connectivity index (χ4v) is 4.71. The zero-order valence-corrected chi connectivity index (χ0v) is 16.1. The minimum absolute atomic E-state index is 0.123. The summed E-state index contributed by atoms with van der Waals surface area (Å²) in [6, 6.07) is 2.17. The highest BCUT2D eigenvalue weighted by molar-refractivity contribution is 5.98. The largest absolute Gasteiger partial charge is 0.353 e. The van der Waals surface area contributed by atoms with Crippen molar-refractivity contribution in [3.8, 4) is 0 Å². The van der Waals surface area contributed by atoms with Crippen LogP contribution in [0.1, 0.15) is 55.8 Å². The Hall–Kier alpha value is -2.02. The molecule has 7 heteroatoms. The molecule has 1 aromatic rings. The molecular formula is C21H26F2N2O3.